The van der Waals surface area contributed by atoms with Gasteiger partial charge in [-0.3, -0.25) is 9.89 Å². The van der Waals surface area contributed by atoms with Crippen molar-refractivity contribution in [2.75, 3.05) is 11.4 Å². The van der Waals surface area contributed by atoms with Crippen molar-refractivity contribution in [1.82, 2.24) is 15.2 Å². The predicted octanol–water partition coefficient (Wildman–Crippen LogP) is 3.11. The Balaban J connectivity index is 1.79. The van der Waals surface area contributed by atoms with Gasteiger partial charge in [-0.05, 0) is 36.1 Å². The molecule has 0 saturated carbocycles. The first kappa shape index (κ1) is 13.0. The number of anilines is 1. The van der Waals surface area contributed by atoms with E-state index in [4.69, 9.17) is 0 Å². The second kappa shape index (κ2) is 4.94. The SMILES string of the molecule is CC1CCN(C(=O)c2[nH]nc3ncccc23)c2ccccc21. The van der Waals surface area contributed by atoms with Crippen molar-refractivity contribution in [1.29, 1.82) is 0 Å². The highest BCUT2D eigenvalue weighted by Crippen LogP contribution is 2.35. The van der Waals surface area contributed by atoms with Gasteiger partial charge in [0.25, 0.3) is 5.91 Å². The number of para-hydroxylation sites is 1. The number of hydrogen-bond acceptors (Lipinski definition) is 3. The van der Waals surface area contributed by atoms with Crippen molar-refractivity contribution in [2.24, 2.45) is 0 Å². The minimum absolute atomic E-state index is 0.0464. The Hall–Kier alpha value is -2.69. The largest absolute Gasteiger partial charge is 0.307 e. The summed E-state index contributed by atoms with van der Waals surface area (Å²) >= 11 is 0. The average molecular weight is 292 g/mol. The molecular formula is C17H16N4O. The number of rotatable bonds is 1. The first-order valence-corrected chi connectivity index (χ1v) is 7.45. The highest BCUT2D eigenvalue weighted by Gasteiger charge is 2.28. The van der Waals surface area contributed by atoms with Gasteiger partial charge in [-0.25, -0.2) is 4.98 Å². The topological polar surface area (TPSA) is 61.9 Å². The molecule has 22 heavy (non-hydrogen) atoms. The van der Waals surface area contributed by atoms with Crippen LogP contribution in [0.25, 0.3) is 11.0 Å². The highest BCUT2D eigenvalue weighted by atomic mass is 16.2. The van der Waals surface area contributed by atoms with Gasteiger partial charge in [-0.15, -0.1) is 0 Å². The van der Waals surface area contributed by atoms with E-state index in [0.717, 1.165) is 24.0 Å². The van der Waals surface area contributed by atoms with Crippen molar-refractivity contribution >= 4 is 22.6 Å². The van der Waals surface area contributed by atoms with Crippen molar-refractivity contribution in [3.05, 3.63) is 53.9 Å². The van der Waals surface area contributed by atoms with Crippen LogP contribution in [0, 0.1) is 0 Å². The second-order valence-electron chi connectivity index (χ2n) is 5.68. The lowest BCUT2D eigenvalue weighted by Crippen LogP contribution is -2.36. The molecule has 3 heterocycles. The molecule has 2 aromatic heterocycles. The molecule has 5 nitrogen and oxygen atoms in total. The number of amides is 1. The molecule has 1 atom stereocenters. The summed E-state index contributed by atoms with van der Waals surface area (Å²) in [6.07, 6.45) is 2.64. The molecule has 0 spiro atoms. The molecule has 0 bridgehead atoms. The number of fused-ring (bicyclic) bond motifs is 2. The van der Waals surface area contributed by atoms with Crippen LogP contribution in [0.5, 0.6) is 0 Å². The first-order valence-electron chi connectivity index (χ1n) is 7.45. The monoisotopic (exact) mass is 292 g/mol. The maximum atomic E-state index is 13.0. The number of H-pyrrole nitrogens is 1. The highest BCUT2D eigenvalue weighted by molar-refractivity contribution is 6.12. The van der Waals surface area contributed by atoms with E-state index in [1.54, 1.807) is 6.20 Å². The first-order chi connectivity index (χ1) is 10.8. The Morgan fingerprint density at radius 3 is 3.05 bits per heavy atom. The summed E-state index contributed by atoms with van der Waals surface area (Å²) in [4.78, 5) is 19.0. The van der Waals surface area contributed by atoms with Crippen LogP contribution in [0.4, 0.5) is 5.69 Å². The van der Waals surface area contributed by atoms with E-state index in [1.165, 1.54) is 5.56 Å². The molecule has 1 amide bonds. The Morgan fingerprint density at radius 1 is 1.27 bits per heavy atom. The number of carbonyl (C=O) groups is 1. The van der Waals surface area contributed by atoms with E-state index in [1.807, 2.05) is 35.2 Å². The Morgan fingerprint density at radius 2 is 2.14 bits per heavy atom. The molecule has 3 aromatic rings. The minimum Gasteiger partial charge on any atom is -0.307 e. The fourth-order valence-corrected chi connectivity index (χ4v) is 3.11. The van der Waals surface area contributed by atoms with Gasteiger partial charge in [0.15, 0.2) is 5.65 Å². The molecule has 1 unspecified atom stereocenters. The summed E-state index contributed by atoms with van der Waals surface area (Å²) in [5.74, 6) is 0.426. The summed E-state index contributed by atoms with van der Waals surface area (Å²) < 4.78 is 0. The third-order valence-electron chi connectivity index (χ3n) is 4.33. The standard InChI is InChI=1S/C17H16N4O/c1-11-8-10-21(14-7-3-2-5-12(11)14)17(22)15-13-6-4-9-18-16(13)20-19-15/h2-7,9,11H,8,10H2,1H3,(H,18,19,20). The van der Waals surface area contributed by atoms with Crippen LogP contribution >= 0.6 is 0 Å². The molecule has 0 saturated heterocycles. The lowest BCUT2D eigenvalue weighted by Gasteiger charge is -2.32. The van der Waals surface area contributed by atoms with Gasteiger partial charge < -0.3 is 4.90 Å². The van der Waals surface area contributed by atoms with Gasteiger partial charge >= 0.3 is 0 Å². The van der Waals surface area contributed by atoms with E-state index in [9.17, 15) is 4.79 Å². The van der Waals surface area contributed by atoms with Crippen molar-refractivity contribution in [3.8, 4) is 0 Å². The zero-order valence-electron chi connectivity index (χ0n) is 12.3. The summed E-state index contributed by atoms with van der Waals surface area (Å²) in [6.45, 7) is 2.92. The maximum Gasteiger partial charge on any atom is 0.276 e. The smallest absolute Gasteiger partial charge is 0.276 e. The lowest BCUT2D eigenvalue weighted by molar-refractivity contribution is 0.0981. The average Bonchev–Trinajstić information content (AvgIpc) is 2.99. The van der Waals surface area contributed by atoms with E-state index in [2.05, 4.69) is 28.2 Å². The molecule has 4 rings (SSSR count). The molecule has 1 N–H and O–H groups in total. The van der Waals surface area contributed by atoms with Gasteiger partial charge in [-0.2, -0.15) is 5.10 Å². The fourth-order valence-electron chi connectivity index (χ4n) is 3.11. The van der Waals surface area contributed by atoms with Crippen LogP contribution in [0.15, 0.2) is 42.6 Å². The number of pyridine rings is 1. The van der Waals surface area contributed by atoms with Gasteiger partial charge in [-0.1, -0.05) is 25.1 Å². The quantitative estimate of drug-likeness (QED) is 0.749. The second-order valence-corrected chi connectivity index (χ2v) is 5.68. The van der Waals surface area contributed by atoms with E-state index in [0.29, 0.717) is 17.3 Å². The van der Waals surface area contributed by atoms with E-state index >= 15 is 0 Å². The van der Waals surface area contributed by atoms with Crippen molar-refractivity contribution in [2.45, 2.75) is 19.3 Å². The number of benzene rings is 1. The summed E-state index contributed by atoms with van der Waals surface area (Å²) in [5, 5.41) is 7.74. The minimum atomic E-state index is -0.0464. The van der Waals surface area contributed by atoms with E-state index in [-0.39, 0.29) is 5.91 Å². The van der Waals surface area contributed by atoms with Gasteiger partial charge in [0.1, 0.15) is 5.69 Å². The Kier molecular flexibility index (Phi) is 2.92. The Labute approximate surface area is 128 Å². The molecule has 5 heteroatoms. The fraction of sp³-hybridized carbons (Fsp3) is 0.235. The van der Waals surface area contributed by atoms with Crippen LogP contribution in [0.3, 0.4) is 0 Å². The maximum absolute atomic E-state index is 13.0. The molecule has 0 radical (unpaired) electrons. The molecular weight excluding hydrogens is 276 g/mol. The van der Waals surface area contributed by atoms with Crippen molar-refractivity contribution in [3.63, 3.8) is 0 Å². The summed E-state index contributed by atoms with van der Waals surface area (Å²) in [7, 11) is 0. The molecule has 1 aromatic carbocycles. The lowest BCUT2D eigenvalue weighted by atomic mass is 9.91. The van der Waals surface area contributed by atoms with Crippen LogP contribution in [-0.4, -0.2) is 27.6 Å². The zero-order valence-corrected chi connectivity index (χ0v) is 12.3. The summed E-state index contributed by atoms with van der Waals surface area (Å²) in [6, 6.07) is 11.8. The zero-order chi connectivity index (χ0) is 15.1. The summed E-state index contributed by atoms with van der Waals surface area (Å²) in [5.41, 5.74) is 3.30. The molecule has 1 aliphatic heterocycles. The number of aromatic nitrogens is 3. The Bertz CT molecular complexity index is 854. The van der Waals surface area contributed by atoms with Crippen molar-refractivity contribution < 1.29 is 4.79 Å². The number of nitrogens with one attached hydrogen (secondary N) is 1. The molecule has 0 fully saturated rings. The number of nitrogens with zero attached hydrogens (tertiary/aromatic N) is 3. The number of carbonyl (C=O) groups excluding carboxylic acids is 1. The van der Waals surface area contributed by atoms with Crippen LogP contribution in [-0.2, 0) is 0 Å². The number of hydrogen-bond donors (Lipinski definition) is 1. The number of aromatic amines is 1. The van der Waals surface area contributed by atoms with Gasteiger partial charge in [0, 0.05) is 18.4 Å². The third kappa shape index (κ3) is 1.89. The van der Waals surface area contributed by atoms with E-state index < -0.39 is 0 Å². The van der Waals surface area contributed by atoms with Crippen LogP contribution in [0.2, 0.25) is 0 Å². The predicted molar refractivity (Wildman–Crippen MR) is 85.0 cm³/mol. The third-order valence-corrected chi connectivity index (χ3v) is 4.33. The molecule has 0 aliphatic carbocycles. The molecule has 110 valence electrons. The van der Waals surface area contributed by atoms with Crippen LogP contribution < -0.4 is 4.90 Å². The normalized spacial score (nSPS) is 17.5. The van der Waals surface area contributed by atoms with Gasteiger partial charge in [0.2, 0.25) is 0 Å². The van der Waals surface area contributed by atoms with Gasteiger partial charge in [0.05, 0.1) is 5.39 Å². The molecule has 1 aliphatic rings. The van der Waals surface area contributed by atoms with Crippen LogP contribution in [0.1, 0.15) is 35.3 Å².